The molecule has 0 unspecified atom stereocenters. The Morgan fingerprint density at radius 3 is 2.56 bits per heavy atom. The minimum atomic E-state index is 0.0628. The van der Waals surface area contributed by atoms with Gasteiger partial charge >= 0.3 is 0 Å². The summed E-state index contributed by atoms with van der Waals surface area (Å²) in [7, 11) is 5.24. The van der Waals surface area contributed by atoms with E-state index in [1.807, 2.05) is 49.1 Å². The lowest BCUT2D eigenvalue weighted by atomic mass is 9.86. The van der Waals surface area contributed by atoms with Crippen LogP contribution in [0.3, 0.4) is 0 Å². The summed E-state index contributed by atoms with van der Waals surface area (Å²) in [5.74, 6) is 2.60. The third-order valence-corrected chi connectivity index (χ3v) is 8.85. The van der Waals surface area contributed by atoms with E-state index in [0.29, 0.717) is 12.5 Å². The number of aryl methyl sites for hydroxylation is 2. The van der Waals surface area contributed by atoms with Crippen LogP contribution in [0.5, 0.6) is 11.5 Å². The van der Waals surface area contributed by atoms with Crippen LogP contribution in [0.4, 0.5) is 5.82 Å². The van der Waals surface area contributed by atoms with Crippen molar-refractivity contribution in [3.8, 4) is 22.8 Å². The molecule has 0 amide bonds. The molecule has 45 heavy (non-hydrogen) atoms. The van der Waals surface area contributed by atoms with Gasteiger partial charge in [-0.1, -0.05) is 35.5 Å². The molecule has 5 heterocycles. The monoisotopic (exact) mass is 603 g/mol. The average molecular weight is 604 g/mol. The summed E-state index contributed by atoms with van der Waals surface area (Å²) in [5.41, 5.74) is 7.72. The number of anilines is 1. The first-order chi connectivity index (χ1) is 22.1. The Bertz CT molecular complexity index is 1940. The quantitative estimate of drug-likeness (QED) is 0.205. The number of hydrogen-bond donors (Lipinski definition) is 1. The van der Waals surface area contributed by atoms with Gasteiger partial charge in [0.25, 0.3) is 0 Å². The molecular weight excluding hydrogens is 566 g/mol. The second-order valence-electron chi connectivity index (χ2n) is 11.5. The molecule has 0 aliphatic carbocycles. The molecule has 1 fully saturated rings. The molecule has 1 atom stereocenters. The van der Waals surface area contributed by atoms with Gasteiger partial charge in [0.2, 0.25) is 0 Å². The summed E-state index contributed by atoms with van der Waals surface area (Å²) in [5, 5.41) is 13.4. The predicted molar refractivity (Wildman–Crippen MR) is 175 cm³/mol. The Morgan fingerprint density at radius 2 is 1.82 bits per heavy atom. The van der Waals surface area contributed by atoms with Crippen LogP contribution in [-0.4, -0.2) is 57.0 Å². The van der Waals surface area contributed by atoms with E-state index in [-0.39, 0.29) is 6.04 Å². The summed E-state index contributed by atoms with van der Waals surface area (Å²) in [6.45, 7) is 3.99. The number of rotatable bonds is 9. The van der Waals surface area contributed by atoms with Gasteiger partial charge in [-0.05, 0) is 61.6 Å². The number of aromatic nitrogens is 6. The highest BCUT2D eigenvalue weighted by Crippen LogP contribution is 2.42. The van der Waals surface area contributed by atoms with Crippen molar-refractivity contribution >= 4 is 27.9 Å². The first kappa shape index (κ1) is 28.8. The normalized spacial score (nSPS) is 14.6. The van der Waals surface area contributed by atoms with Crippen molar-refractivity contribution in [2.75, 3.05) is 32.8 Å². The smallest absolute Gasteiger partial charge is 0.143 e. The molecule has 0 radical (unpaired) electrons. The van der Waals surface area contributed by atoms with Gasteiger partial charge in [0.05, 0.1) is 37.2 Å². The number of nitrogens with zero attached hydrogens (tertiary/aromatic N) is 6. The molecule has 0 bridgehead atoms. The topological polar surface area (TPSA) is 101 Å². The van der Waals surface area contributed by atoms with Crippen molar-refractivity contribution in [3.63, 3.8) is 0 Å². The molecule has 0 spiro atoms. The number of nitrogens with one attached hydrogen (secondary N) is 1. The fourth-order valence-electron chi connectivity index (χ4n) is 6.69. The van der Waals surface area contributed by atoms with Gasteiger partial charge in [0.15, 0.2) is 0 Å². The van der Waals surface area contributed by atoms with E-state index in [4.69, 9.17) is 24.2 Å². The van der Waals surface area contributed by atoms with E-state index in [1.54, 1.807) is 14.2 Å². The standard InChI is InChI=1S/C35H37N7O3/c1-22-32(41(2)40-39-22)28-20-29-31(38-34(28)37-21-25-12-13-26(43-3)19-30(25)44-4)27-11-8-16-36-35(27)42(29)33(23-9-6-5-7-10-23)24-14-17-45-18-15-24/h5-13,16,19-20,24,33H,14-15,17-18,21H2,1-4H3,(H,37,38)/t33-/m1/s1. The van der Waals surface area contributed by atoms with Gasteiger partial charge in [-0.25, -0.2) is 14.6 Å². The van der Waals surface area contributed by atoms with E-state index in [9.17, 15) is 0 Å². The molecule has 230 valence electrons. The second-order valence-corrected chi connectivity index (χ2v) is 11.5. The molecule has 2 aromatic carbocycles. The largest absolute Gasteiger partial charge is 0.497 e. The minimum absolute atomic E-state index is 0.0628. The van der Waals surface area contributed by atoms with Crippen LogP contribution < -0.4 is 14.8 Å². The summed E-state index contributed by atoms with van der Waals surface area (Å²) < 4.78 is 21.1. The van der Waals surface area contributed by atoms with Crippen molar-refractivity contribution in [1.82, 2.24) is 29.5 Å². The molecule has 4 aromatic heterocycles. The van der Waals surface area contributed by atoms with Crippen molar-refractivity contribution in [2.45, 2.75) is 32.4 Å². The lowest BCUT2D eigenvalue weighted by Crippen LogP contribution is -2.27. The van der Waals surface area contributed by atoms with Crippen LogP contribution in [-0.2, 0) is 18.3 Å². The average Bonchev–Trinajstić information content (AvgIpc) is 3.59. The van der Waals surface area contributed by atoms with Gasteiger partial charge in [-0.15, -0.1) is 5.10 Å². The Labute approximate surface area is 262 Å². The van der Waals surface area contributed by atoms with E-state index in [2.05, 4.69) is 62.7 Å². The summed E-state index contributed by atoms with van der Waals surface area (Å²) in [6.07, 6.45) is 3.82. The lowest BCUT2D eigenvalue weighted by molar-refractivity contribution is 0.0552. The molecule has 1 aliphatic heterocycles. The van der Waals surface area contributed by atoms with Crippen LogP contribution in [0.1, 0.15) is 35.7 Å². The lowest BCUT2D eigenvalue weighted by Gasteiger charge is -2.32. The molecule has 1 N–H and O–H groups in total. The summed E-state index contributed by atoms with van der Waals surface area (Å²) >= 11 is 0. The van der Waals surface area contributed by atoms with Crippen molar-refractivity contribution in [3.05, 3.63) is 89.7 Å². The van der Waals surface area contributed by atoms with Crippen molar-refractivity contribution in [2.24, 2.45) is 13.0 Å². The van der Waals surface area contributed by atoms with Crippen molar-refractivity contribution in [1.29, 1.82) is 0 Å². The fourth-order valence-corrected chi connectivity index (χ4v) is 6.69. The number of methoxy groups -OCH3 is 2. The van der Waals surface area contributed by atoms with E-state index in [0.717, 1.165) is 88.0 Å². The third-order valence-electron chi connectivity index (χ3n) is 8.85. The number of ether oxygens (including phenoxy) is 3. The van der Waals surface area contributed by atoms with Gasteiger partial charge in [-0.2, -0.15) is 0 Å². The molecule has 10 nitrogen and oxygen atoms in total. The van der Waals surface area contributed by atoms with E-state index in [1.165, 1.54) is 5.56 Å². The first-order valence-electron chi connectivity index (χ1n) is 15.3. The van der Waals surface area contributed by atoms with Crippen LogP contribution in [0, 0.1) is 12.8 Å². The third kappa shape index (κ3) is 5.25. The Morgan fingerprint density at radius 1 is 1.00 bits per heavy atom. The maximum absolute atomic E-state index is 5.80. The maximum atomic E-state index is 5.80. The number of pyridine rings is 2. The van der Waals surface area contributed by atoms with Gasteiger partial charge < -0.3 is 24.1 Å². The van der Waals surface area contributed by atoms with E-state index >= 15 is 0 Å². The molecule has 7 rings (SSSR count). The van der Waals surface area contributed by atoms with Gasteiger partial charge in [0, 0.05) is 55.6 Å². The van der Waals surface area contributed by atoms with Crippen LogP contribution in [0.15, 0.2) is 72.9 Å². The van der Waals surface area contributed by atoms with Gasteiger partial charge in [-0.3, -0.25) is 0 Å². The van der Waals surface area contributed by atoms with E-state index < -0.39 is 0 Å². The maximum Gasteiger partial charge on any atom is 0.143 e. The van der Waals surface area contributed by atoms with Crippen LogP contribution >= 0.6 is 0 Å². The highest BCUT2D eigenvalue weighted by Gasteiger charge is 2.31. The predicted octanol–water partition coefficient (Wildman–Crippen LogP) is 6.33. The molecule has 6 aromatic rings. The molecule has 1 saturated heterocycles. The zero-order valence-corrected chi connectivity index (χ0v) is 26.0. The zero-order valence-electron chi connectivity index (χ0n) is 26.0. The minimum Gasteiger partial charge on any atom is -0.497 e. The summed E-state index contributed by atoms with van der Waals surface area (Å²) in [6, 6.07) is 23.0. The van der Waals surface area contributed by atoms with Crippen LogP contribution in [0.2, 0.25) is 0 Å². The number of benzene rings is 2. The Balaban J connectivity index is 1.45. The Hall–Kier alpha value is -4.96. The highest BCUT2D eigenvalue weighted by atomic mass is 16.5. The summed E-state index contributed by atoms with van der Waals surface area (Å²) in [4.78, 5) is 10.3. The molecule has 10 heteroatoms. The highest BCUT2D eigenvalue weighted by molar-refractivity contribution is 6.06. The number of hydrogen-bond acceptors (Lipinski definition) is 8. The zero-order chi connectivity index (χ0) is 30.9. The first-order valence-corrected chi connectivity index (χ1v) is 15.3. The number of fused-ring (bicyclic) bond motifs is 3. The molecular formula is C35H37N7O3. The molecule has 1 aliphatic rings. The van der Waals surface area contributed by atoms with Crippen molar-refractivity contribution < 1.29 is 14.2 Å². The van der Waals surface area contributed by atoms with Gasteiger partial charge in [0.1, 0.15) is 28.5 Å². The molecule has 0 saturated carbocycles. The Kier molecular flexibility index (Phi) is 7.81. The SMILES string of the molecule is COc1ccc(CNc2nc3c4cccnc4n([C@H](c4ccccc4)C4CCOCC4)c3cc2-c2c(C)nnn2C)c(OC)c1. The van der Waals surface area contributed by atoms with Crippen LogP contribution in [0.25, 0.3) is 33.3 Å². The fraction of sp³-hybridized carbons (Fsp3) is 0.314. The second kappa shape index (κ2) is 12.2.